The maximum atomic E-state index is 11.4. The van der Waals surface area contributed by atoms with Crippen LogP contribution in [0, 0.1) is 11.3 Å². The quantitative estimate of drug-likeness (QED) is 0.847. The molecular weight excluding hydrogens is 352 g/mol. The number of rotatable bonds is 5. The average Bonchev–Trinajstić information content (AvgIpc) is 2.49. The molecule has 0 aliphatic heterocycles. The summed E-state index contributed by atoms with van der Waals surface area (Å²) in [4.78, 5) is 11.4. The summed E-state index contributed by atoms with van der Waals surface area (Å²) in [6.07, 6.45) is 0.929. The lowest BCUT2D eigenvalue weighted by Crippen LogP contribution is -2.14. The van der Waals surface area contributed by atoms with E-state index in [2.05, 4.69) is 10.8 Å². The number of aromatic carboxylic acids is 1. The van der Waals surface area contributed by atoms with Crippen molar-refractivity contribution in [2.45, 2.75) is 5.92 Å². The van der Waals surface area contributed by atoms with Gasteiger partial charge in [0, 0.05) is 5.02 Å². The monoisotopic (exact) mass is 364 g/mol. The maximum absolute atomic E-state index is 11.4. The van der Waals surface area contributed by atoms with Crippen molar-refractivity contribution in [1.29, 1.82) is 5.26 Å². The lowest BCUT2D eigenvalue weighted by Gasteiger charge is -2.14. The maximum Gasteiger partial charge on any atom is 0.337 e. The van der Waals surface area contributed by atoms with E-state index in [4.69, 9.17) is 11.6 Å². The predicted molar refractivity (Wildman–Crippen MR) is 90.8 cm³/mol. The lowest BCUT2D eigenvalue weighted by molar-refractivity contribution is 0.0698. The first-order chi connectivity index (χ1) is 11.2. The minimum Gasteiger partial charge on any atom is -0.478 e. The highest BCUT2D eigenvalue weighted by Gasteiger charge is 2.19. The third-order valence-electron chi connectivity index (χ3n) is 3.24. The molecule has 2 aromatic carbocycles. The smallest absolute Gasteiger partial charge is 0.337 e. The van der Waals surface area contributed by atoms with Crippen molar-refractivity contribution >= 4 is 33.3 Å². The van der Waals surface area contributed by atoms with Gasteiger partial charge in [-0.15, -0.1) is 0 Å². The lowest BCUT2D eigenvalue weighted by atomic mass is 9.91. The van der Waals surface area contributed by atoms with Crippen molar-refractivity contribution in [3.63, 3.8) is 0 Å². The van der Waals surface area contributed by atoms with E-state index in [0.29, 0.717) is 16.1 Å². The Bertz CT molecular complexity index is 918. The third kappa shape index (κ3) is 4.25. The molecule has 2 N–H and O–H groups in total. The molecular formula is C16H13ClN2O4S. The number of carboxylic acid groups (broad SMARTS) is 1. The molecule has 2 rings (SSSR count). The zero-order chi connectivity index (χ0) is 17.9. The van der Waals surface area contributed by atoms with E-state index in [1.165, 1.54) is 18.2 Å². The van der Waals surface area contributed by atoms with Crippen LogP contribution in [-0.2, 0) is 10.0 Å². The van der Waals surface area contributed by atoms with Gasteiger partial charge in [0.25, 0.3) is 0 Å². The molecule has 6 nitrogen and oxygen atoms in total. The number of benzene rings is 2. The van der Waals surface area contributed by atoms with Crippen LogP contribution < -0.4 is 4.72 Å². The molecule has 0 saturated carbocycles. The first-order valence-electron chi connectivity index (χ1n) is 6.71. The molecule has 0 aliphatic rings. The highest BCUT2D eigenvalue weighted by atomic mass is 35.5. The predicted octanol–water partition coefficient (Wildman–Crippen LogP) is 3.07. The second kappa shape index (κ2) is 6.91. The van der Waals surface area contributed by atoms with Crippen LogP contribution in [0.5, 0.6) is 0 Å². The van der Waals surface area contributed by atoms with E-state index in [1.807, 2.05) is 0 Å². The third-order valence-corrected chi connectivity index (χ3v) is 4.08. The summed E-state index contributed by atoms with van der Waals surface area (Å²) in [5.41, 5.74) is 0.812. The summed E-state index contributed by atoms with van der Waals surface area (Å²) >= 11 is 5.83. The van der Waals surface area contributed by atoms with Crippen molar-refractivity contribution < 1.29 is 18.3 Å². The fourth-order valence-corrected chi connectivity index (χ4v) is 2.91. The van der Waals surface area contributed by atoms with E-state index in [9.17, 15) is 23.6 Å². The molecule has 0 saturated heterocycles. The number of hydrogen-bond donors (Lipinski definition) is 2. The molecule has 0 aromatic heterocycles. The van der Waals surface area contributed by atoms with Gasteiger partial charge in [0.05, 0.1) is 29.5 Å². The fraction of sp³-hybridized carbons (Fsp3) is 0.125. The molecule has 0 aliphatic carbocycles. The van der Waals surface area contributed by atoms with Crippen LogP contribution in [0.2, 0.25) is 5.02 Å². The van der Waals surface area contributed by atoms with Crippen LogP contribution in [0.3, 0.4) is 0 Å². The number of nitriles is 1. The molecule has 0 heterocycles. The van der Waals surface area contributed by atoms with Gasteiger partial charge < -0.3 is 5.11 Å². The Hall–Kier alpha value is -2.56. The number of carbonyl (C=O) groups is 1. The Morgan fingerprint density at radius 1 is 1.21 bits per heavy atom. The SMILES string of the molecule is CS(=O)(=O)Nc1ccc([C@@H](C#N)c2ccc(Cl)cc2)cc1C(=O)O. The molecule has 0 radical (unpaired) electrons. The Labute approximate surface area is 144 Å². The number of nitrogens with zero attached hydrogens (tertiary/aromatic N) is 1. The summed E-state index contributed by atoms with van der Waals surface area (Å²) in [6.45, 7) is 0. The van der Waals surface area contributed by atoms with Crippen molar-refractivity contribution in [1.82, 2.24) is 0 Å². The zero-order valence-corrected chi connectivity index (χ0v) is 14.1. The van der Waals surface area contributed by atoms with Crippen LogP contribution in [0.25, 0.3) is 0 Å². The largest absolute Gasteiger partial charge is 0.478 e. The summed E-state index contributed by atoms with van der Waals surface area (Å²) in [6, 6.07) is 12.9. The summed E-state index contributed by atoms with van der Waals surface area (Å²) in [5, 5.41) is 19.3. The number of anilines is 1. The summed E-state index contributed by atoms with van der Waals surface area (Å²) < 4.78 is 24.8. The number of sulfonamides is 1. The van der Waals surface area contributed by atoms with Gasteiger partial charge in [-0.1, -0.05) is 29.8 Å². The number of carboxylic acids is 1. The van der Waals surface area contributed by atoms with Crippen molar-refractivity contribution in [3.8, 4) is 6.07 Å². The van der Waals surface area contributed by atoms with Crippen LogP contribution in [0.1, 0.15) is 27.4 Å². The zero-order valence-electron chi connectivity index (χ0n) is 12.5. The molecule has 0 bridgehead atoms. The van der Waals surface area contributed by atoms with Crippen molar-refractivity contribution in [2.75, 3.05) is 11.0 Å². The molecule has 0 unspecified atom stereocenters. The normalized spacial score (nSPS) is 12.2. The van der Waals surface area contributed by atoms with E-state index in [0.717, 1.165) is 6.26 Å². The van der Waals surface area contributed by atoms with Gasteiger partial charge in [0.15, 0.2) is 0 Å². The van der Waals surface area contributed by atoms with Crippen LogP contribution >= 0.6 is 11.6 Å². The van der Waals surface area contributed by atoms with Gasteiger partial charge >= 0.3 is 5.97 Å². The molecule has 24 heavy (non-hydrogen) atoms. The number of halogens is 1. The topological polar surface area (TPSA) is 107 Å². The Morgan fingerprint density at radius 3 is 2.29 bits per heavy atom. The first kappa shape index (κ1) is 17.8. The molecule has 124 valence electrons. The molecule has 0 fully saturated rings. The van der Waals surface area contributed by atoms with Gasteiger partial charge in [-0.3, -0.25) is 4.72 Å². The van der Waals surface area contributed by atoms with Crippen LogP contribution in [0.4, 0.5) is 5.69 Å². The highest BCUT2D eigenvalue weighted by molar-refractivity contribution is 7.92. The minimum absolute atomic E-state index is 0.0541. The standard InChI is InChI=1S/C16H13ClN2O4S/c1-24(22,23)19-15-7-4-11(8-13(15)16(20)21)14(9-18)10-2-5-12(17)6-3-10/h2-8,14,19H,1H3,(H,20,21)/t14-/m0/s1. The van der Waals surface area contributed by atoms with E-state index < -0.39 is 21.9 Å². The van der Waals surface area contributed by atoms with Gasteiger partial charge in [-0.05, 0) is 35.4 Å². The summed E-state index contributed by atoms with van der Waals surface area (Å²) in [5.74, 6) is -2.00. The Kier molecular flexibility index (Phi) is 5.12. The van der Waals surface area contributed by atoms with Gasteiger partial charge in [-0.25, -0.2) is 13.2 Å². The number of hydrogen-bond acceptors (Lipinski definition) is 4. The second-order valence-electron chi connectivity index (χ2n) is 5.10. The van der Waals surface area contributed by atoms with Crippen LogP contribution in [-0.4, -0.2) is 25.7 Å². The van der Waals surface area contributed by atoms with Gasteiger partial charge in [0.1, 0.15) is 0 Å². The van der Waals surface area contributed by atoms with Crippen molar-refractivity contribution in [3.05, 3.63) is 64.2 Å². The molecule has 2 aromatic rings. The number of nitrogens with one attached hydrogen (secondary N) is 1. The minimum atomic E-state index is -3.62. The fourth-order valence-electron chi connectivity index (χ4n) is 2.20. The molecule has 0 spiro atoms. The molecule has 1 atom stereocenters. The van der Waals surface area contributed by atoms with E-state index in [1.54, 1.807) is 24.3 Å². The average molecular weight is 365 g/mol. The van der Waals surface area contributed by atoms with Gasteiger partial charge in [0.2, 0.25) is 10.0 Å². The second-order valence-corrected chi connectivity index (χ2v) is 7.28. The highest BCUT2D eigenvalue weighted by Crippen LogP contribution is 2.29. The van der Waals surface area contributed by atoms with Crippen molar-refractivity contribution in [2.24, 2.45) is 0 Å². The molecule has 0 amide bonds. The Balaban J connectivity index is 2.50. The van der Waals surface area contributed by atoms with Crippen LogP contribution in [0.15, 0.2) is 42.5 Å². The van der Waals surface area contributed by atoms with Gasteiger partial charge in [-0.2, -0.15) is 5.26 Å². The summed E-state index contributed by atoms with van der Waals surface area (Å²) in [7, 11) is -3.62. The van der Waals surface area contributed by atoms with E-state index >= 15 is 0 Å². The first-order valence-corrected chi connectivity index (χ1v) is 8.98. The Morgan fingerprint density at radius 2 is 1.79 bits per heavy atom. The molecule has 8 heteroatoms. The van der Waals surface area contributed by atoms with E-state index in [-0.39, 0.29) is 11.3 Å².